The number of benzene rings is 2. The average Bonchev–Trinajstić information content (AvgIpc) is 2.77. The monoisotopic (exact) mass is 410 g/mol. The number of anilines is 2. The molecule has 0 spiro atoms. The van der Waals surface area contributed by atoms with E-state index in [0.717, 1.165) is 23.8 Å². The molecule has 2 N–H and O–H groups in total. The maximum absolute atomic E-state index is 11.8. The molecule has 0 aliphatic rings. The number of rotatable bonds is 8. The number of ether oxygens (including phenoxy) is 2. The van der Waals surface area contributed by atoms with Crippen molar-refractivity contribution in [2.24, 2.45) is 0 Å². The molecule has 0 aliphatic carbocycles. The third-order valence-corrected chi connectivity index (χ3v) is 4.82. The van der Waals surface area contributed by atoms with Crippen LogP contribution in [0.4, 0.5) is 16.4 Å². The number of carbonyl (C=O) groups is 1. The summed E-state index contributed by atoms with van der Waals surface area (Å²) >= 11 is 0. The fourth-order valence-electron chi connectivity index (χ4n) is 3.26. The Balaban J connectivity index is 2.19. The summed E-state index contributed by atoms with van der Waals surface area (Å²) in [7, 11) is 4.90. The third-order valence-electron chi connectivity index (χ3n) is 4.82. The number of fused-ring (bicyclic) bond motifs is 1. The summed E-state index contributed by atoms with van der Waals surface area (Å²) in [6.45, 7) is 2.47. The van der Waals surface area contributed by atoms with Gasteiger partial charge in [-0.15, -0.1) is 0 Å². The van der Waals surface area contributed by atoms with E-state index in [1.54, 1.807) is 33.4 Å². The summed E-state index contributed by atoms with van der Waals surface area (Å²) in [6, 6.07) is 11.0. The minimum Gasteiger partial charge on any atom is -0.493 e. The van der Waals surface area contributed by atoms with Gasteiger partial charge in [-0.2, -0.15) is 0 Å². The Morgan fingerprint density at radius 2 is 1.87 bits per heavy atom. The highest BCUT2D eigenvalue weighted by molar-refractivity contribution is 5.96. The molecule has 0 bridgehead atoms. The van der Waals surface area contributed by atoms with Crippen LogP contribution in [-0.4, -0.2) is 49.0 Å². The summed E-state index contributed by atoms with van der Waals surface area (Å²) in [4.78, 5) is 22.3. The van der Waals surface area contributed by atoms with E-state index < -0.39 is 6.09 Å². The molecular formula is C22H26N4O4. The lowest BCUT2D eigenvalue weighted by Crippen LogP contribution is -2.30. The highest BCUT2D eigenvalue weighted by Gasteiger charge is 2.17. The summed E-state index contributed by atoms with van der Waals surface area (Å²) in [5, 5.41) is 13.4. The molecule has 3 aromatic rings. The van der Waals surface area contributed by atoms with E-state index in [4.69, 9.17) is 9.47 Å². The van der Waals surface area contributed by atoms with Crippen molar-refractivity contribution in [1.82, 2.24) is 9.97 Å². The smallest absolute Gasteiger partial charge is 0.411 e. The molecule has 3 rings (SSSR count). The van der Waals surface area contributed by atoms with Crippen molar-refractivity contribution in [3.05, 3.63) is 36.4 Å². The van der Waals surface area contributed by atoms with E-state index in [9.17, 15) is 9.90 Å². The standard InChI is InChI=1S/C22H26N4O4/c1-5-6-10-26(22(27)28)15-9-7-8-14(11-15)20-16-12-18(29-3)19(30-4)13-17(16)24-21(23-2)25-20/h7-9,11-13H,5-6,10H2,1-4H3,(H,27,28)(H,23,24,25). The lowest BCUT2D eigenvalue weighted by atomic mass is 10.0. The quantitative estimate of drug-likeness (QED) is 0.558. The van der Waals surface area contributed by atoms with Crippen LogP contribution in [-0.2, 0) is 0 Å². The maximum atomic E-state index is 11.8. The largest absolute Gasteiger partial charge is 0.493 e. The van der Waals surface area contributed by atoms with Crippen LogP contribution in [0.3, 0.4) is 0 Å². The third kappa shape index (κ3) is 4.22. The van der Waals surface area contributed by atoms with E-state index >= 15 is 0 Å². The highest BCUT2D eigenvalue weighted by atomic mass is 16.5. The summed E-state index contributed by atoms with van der Waals surface area (Å²) in [5.74, 6) is 1.59. The van der Waals surface area contributed by atoms with Gasteiger partial charge in [0.25, 0.3) is 0 Å². The predicted molar refractivity (Wildman–Crippen MR) is 118 cm³/mol. The van der Waals surface area contributed by atoms with Gasteiger partial charge in [0.05, 0.1) is 25.4 Å². The Morgan fingerprint density at radius 1 is 1.13 bits per heavy atom. The van der Waals surface area contributed by atoms with Crippen LogP contribution >= 0.6 is 0 Å². The Hall–Kier alpha value is -3.55. The van der Waals surface area contributed by atoms with Crippen LogP contribution in [0.25, 0.3) is 22.2 Å². The molecule has 1 heterocycles. The number of methoxy groups -OCH3 is 2. The molecule has 0 atom stereocenters. The number of nitrogens with zero attached hydrogens (tertiary/aromatic N) is 3. The van der Waals surface area contributed by atoms with Crippen molar-refractivity contribution in [2.45, 2.75) is 19.8 Å². The molecule has 0 unspecified atom stereocenters. The molecule has 0 saturated heterocycles. The first-order valence-electron chi connectivity index (χ1n) is 9.74. The van der Waals surface area contributed by atoms with Gasteiger partial charge in [-0.25, -0.2) is 14.8 Å². The van der Waals surface area contributed by atoms with Crippen LogP contribution in [0.1, 0.15) is 19.8 Å². The Morgan fingerprint density at radius 3 is 2.50 bits per heavy atom. The lowest BCUT2D eigenvalue weighted by molar-refractivity contribution is 0.201. The maximum Gasteiger partial charge on any atom is 0.411 e. The Kier molecular flexibility index (Phi) is 6.56. The van der Waals surface area contributed by atoms with E-state index in [1.807, 2.05) is 31.2 Å². The van der Waals surface area contributed by atoms with Crippen molar-refractivity contribution >= 4 is 28.6 Å². The average molecular weight is 410 g/mol. The van der Waals surface area contributed by atoms with E-state index in [0.29, 0.717) is 40.9 Å². The Labute approximate surface area is 175 Å². The van der Waals surface area contributed by atoms with Crippen LogP contribution in [0.5, 0.6) is 11.5 Å². The molecule has 2 aromatic carbocycles. The van der Waals surface area contributed by atoms with Gasteiger partial charge in [0.15, 0.2) is 11.5 Å². The number of carboxylic acid groups (broad SMARTS) is 1. The first kappa shape index (κ1) is 21.2. The normalized spacial score (nSPS) is 10.7. The van der Waals surface area contributed by atoms with Crippen molar-refractivity contribution in [1.29, 1.82) is 0 Å². The van der Waals surface area contributed by atoms with Crippen molar-refractivity contribution in [3.63, 3.8) is 0 Å². The second-order valence-corrected chi connectivity index (χ2v) is 6.71. The van der Waals surface area contributed by atoms with Crippen molar-refractivity contribution < 1.29 is 19.4 Å². The second-order valence-electron chi connectivity index (χ2n) is 6.71. The number of hydrogen-bond acceptors (Lipinski definition) is 6. The first-order valence-corrected chi connectivity index (χ1v) is 9.74. The van der Waals surface area contributed by atoms with Crippen molar-refractivity contribution in [3.8, 4) is 22.8 Å². The second kappa shape index (κ2) is 9.30. The number of hydrogen-bond donors (Lipinski definition) is 2. The van der Waals surface area contributed by atoms with Gasteiger partial charge >= 0.3 is 6.09 Å². The lowest BCUT2D eigenvalue weighted by Gasteiger charge is -2.20. The van der Waals surface area contributed by atoms with E-state index in [-0.39, 0.29) is 0 Å². The van der Waals surface area contributed by atoms with Gasteiger partial charge in [0.1, 0.15) is 0 Å². The minimum atomic E-state index is -0.976. The number of unbranched alkanes of at least 4 members (excludes halogenated alkanes) is 1. The van der Waals surface area contributed by atoms with Crippen LogP contribution < -0.4 is 19.7 Å². The molecule has 1 aromatic heterocycles. The number of amides is 1. The fraction of sp³-hybridized carbons (Fsp3) is 0.318. The molecule has 0 saturated carbocycles. The van der Waals surface area contributed by atoms with Crippen LogP contribution in [0, 0.1) is 0 Å². The van der Waals surface area contributed by atoms with Gasteiger partial charge in [-0.1, -0.05) is 25.5 Å². The van der Waals surface area contributed by atoms with Gasteiger partial charge in [-0.05, 0) is 24.6 Å². The molecule has 1 amide bonds. The van der Waals surface area contributed by atoms with Gasteiger partial charge < -0.3 is 19.9 Å². The molecule has 0 fully saturated rings. The molecule has 0 radical (unpaired) electrons. The van der Waals surface area contributed by atoms with Crippen molar-refractivity contribution in [2.75, 3.05) is 38.0 Å². The van der Waals surface area contributed by atoms with Gasteiger partial charge in [-0.3, -0.25) is 4.90 Å². The molecule has 8 nitrogen and oxygen atoms in total. The first-order chi connectivity index (χ1) is 14.5. The number of nitrogens with one attached hydrogen (secondary N) is 1. The zero-order chi connectivity index (χ0) is 21.7. The minimum absolute atomic E-state index is 0.437. The van der Waals surface area contributed by atoms with Crippen LogP contribution in [0.15, 0.2) is 36.4 Å². The van der Waals surface area contributed by atoms with E-state index in [2.05, 4.69) is 15.3 Å². The summed E-state index contributed by atoms with van der Waals surface area (Å²) in [5.41, 5.74) is 2.75. The highest BCUT2D eigenvalue weighted by Crippen LogP contribution is 2.37. The van der Waals surface area contributed by atoms with Gasteiger partial charge in [0, 0.05) is 36.3 Å². The molecule has 30 heavy (non-hydrogen) atoms. The molecule has 158 valence electrons. The fourth-order valence-corrected chi connectivity index (χ4v) is 3.26. The molecular weight excluding hydrogens is 384 g/mol. The van der Waals surface area contributed by atoms with Crippen LogP contribution in [0.2, 0.25) is 0 Å². The van der Waals surface area contributed by atoms with E-state index in [1.165, 1.54) is 4.90 Å². The summed E-state index contributed by atoms with van der Waals surface area (Å²) in [6.07, 6.45) is 0.719. The zero-order valence-corrected chi connectivity index (χ0v) is 17.6. The summed E-state index contributed by atoms with van der Waals surface area (Å²) < 4.78 is 10.8. The topological polar surface area (TPSA) is 96.8 Å². The molecule has 8 heteroatoms. The Bertz CT molecular complexity index is 1050. The van der Waals surface area contributed by atoms with Gasteiger partial charge in [0.2, 0.25) is 5.95 Å². The molecule has 0 aliphatic heterocycles. The zero-order valence-electron chi connectivity index (χ0n) is 17.6. The predicted octanol–water partition coefficient (Wildman–Crippen LogP) is 4.64. The SMILES string of the molecule is CCCCN(C(=O)O)c1cccc(-c2nc(NC)nc3cc(OC)c(OC)cc23)c1. The number of aromatic nitrogens is 2.